The Morgan fingerprint density at radius 2 is 2.00 bits per heavy atom. The van der Waals surface area contributed by atoms with Crippen LogP contribution in [-0.2, 0) is 16.6 Å². The van der Waals surface area contributed by atoms with Gasteiger partial charge in [-0.2, -0.15) is 0 Å². The van der Waals surface area contributed by atoms with Gasteiger partial charge >= 0.3 is 0 Å². The molecule has 2 aromatic heterocycles. The molecule has 3 rings (SSSR count). The number of nitrogens with one attached hydrogen (secondary N) is 1. The molecule has 0 saturated carbocycles. The van der Waals surface area contributed by atoms with Gasteiger partial charge in [0.05, 0.1) is 12.7 Å². The third-order valence-corrected chi connectivity index (χ3v) is 5.56. The van der Waals surface area contributed by atoms with Crippen molar-refractivity contribution < 1.29 is 30.4 Å². The second-order valence-electron chi connectivity index (χ2n) is 5.62. The monoisotopic (exact) mass is 414 g/mol. The maximum atomic E-state index is 14.6. The zero-order valence-electron chi connectivity index (χ0n) is 17.4. The first-order valence-corrected chi connectivity index (χ1v) is 9.23. The predicted octanol–water partition coefficient (Wildman–Crippen LogP) is 2.93. The van der Waals surface area contributed by atoms with Crippen LogP contribution in [0.3, 0.4) is 0 Å². The molecule has 6 nitrogen and oxygen atoms in total. The molecule has 0 bridgehead atoms. The molecule has 28 heavy (non-hydrogen) atoms. The van der Waals surface area contributed by atoms with Crippen molar-refractivity contribution in [2.75, 3.05) is 14.1 Å². The topological polar surface area (TPSA) is 73.2 Å². The summed E-state index contributed by atoms with van der Waals surface area (Å²) >= 11 is 0. The molecule has 0 aliphatic rings. The zero-order valence-corrected chi connectivity index (χ0v) is 15.2. The van der Waals surface area contributed by atoms with Crippen molar-refractivity contribution >= 4 is 10.0 Å². The van der Waals surface area contributed by atoms with Crippen LogP contribution >= 0.6 is 0 Å². The average molecular weight is 414 g/mol. The summed E-state index contributed by atoms with van der Waals surface area (Å²) in [4.78, 5) is 3.44. The Balaban J connectivity index is 2.33. The van der Waals surface area contributed by atoms with E-state index in [-0.39, 0.29) is 16.2 Å². The van der Waals surface area contributed by atoms with Crippen molar-refractivity contribution in [1.82, 2.24) is 14.3 Å². The first kappa shape index (κ1) is 16.1. The number of halogens is 3. The lowest BCUT2D eigenvalue weighted by molar-refractivity contribution is 0.410. The highest BCUT2D eigenvalue weighted by molar-refractivity contribution is 7.90. The van der Waals surface area contributed by atoms with Crippen LogP contribution in [0.4, 0.5) is 13.2 Å². The second kappa shape index (κ2) is 7.64. The summed E-state index contributed by atoms with van der Waals surface area (Å²) in [5.41, 5.74) is -1.43. The lowest BCUT2D eigenvalue weighted by Gasteiger charge is -2.13. The minimum absolute atomic E-state index is 0.00999. The highest BCUT2D eigenvalue weighted by atomic mass is 32.2. The molecule has 0 unspecified atom stereocenters. The summed E-state index contributed by atoms with van der Waals surface area (Å²) in [6, 6.07) is 3.36. The quantitative estimate of drug-likeness (QED) is 0.672. The molecule has 0 fully saturated rings. The van der Waals surface area contributed by atoms with E-state index in [4.69, 9.17) is 8.85 Å². The first-order chi connectivity index (χ1) is 14.5. The number of methoxy groups -OCH3 is 1. The Morgan fingerprint density at radius 1 is 1.29 bits per heavy atom. The van der Waals surface area contributed by atoms with E-state index >= 15 is 0 Å². The number of pyridine rings is 1. The normalized spacial score (nSPS) is 13.6. The van der Waals surface area contributed by atoms with Gasteiger partial charge in [-0.25, -0.2) is 25.6 Å². The van der Waals surface area contributed by atoms with Crippen molar-refractivity contribution in [2.24, 2.45) is 0 Å². The van der Waals surface area contributed by atoms with Crippen LogP contribution in [0.15, 0.2) is 47.8 Å². The van der Waals surface area contributed by atoms with Crippen molar-refractivity contribution in [1.29, 1.82) is 0 Å². The van der Waals surface area contributed by atoms with Crippen LogP contribution in [0.2, 0.25) is 0 Å². The number of hydrogen-bond acceptors (Lipinski definition) is 5. The Morgan fingerprint density at radius 3 is 2.57 bits per heavy atom. The maximum Gasteiger partial charge on any atom is 0.269 e. The Labute approximate surface area is 163 Å². The number of hydrogen-bond donors (Lipinski definition) is 1. The zero-order chi connectivity index (χ0) is 23.0. The second-order valence-corrected chi connectivity index (χ2v) is 7.44. The molecule has 1 aromatic carbocycles. The van der Waals surface area contributed by atoms with Gasteiger partial charge in [0.1, 0.15) is 33.8 Å². The molecule has 0 spiro atoms. The van der Waals surface area contributed by atoms with Gasteiger partial charge in [-0.3, -0.25) is 4.98 Å². The average Bonchev–Trinajstić information content (AvgIpc) is 3.05. The van der Waals surface area contributed by atoms with E-state index in [0.29, 0.717) is 16.1 Å². The molecule has 0 saturated heterocycles. The van der Waals surface area contributed by atoms with Gasteiger partial charge in [-0.15, -0.1) is 0 Å². The molecule has 2 heterocycles. The van der Waals surface area contributed by atoms with Gasteiger partial charge in [-0.05, 0) is 19.1 Å². The molecule has 0 radical (unpaired) electrons. The Bertz CT molecular complexity index is 1190. The van der Waals surface area contributed by atoms with E-state index in [1.807, 2.05) is 0 Å². The number of ether oxygens (including phenoxy) is 1. The minimum Gasteiger partial charge on any atom is -0.494 e. The van der Waals surface area contributed by atoms with E-state index < -0.39 is 52.3 Å². The molecule has 10 heteroatoms. The van der Waals surface area contributed by atoms with Crippen LogP contribution in [0.5, 0.6) is 5.75 Å². The Kier molecular flexibility index (Phi) is 4.40. The Hall–Kier alpha value is -2.85. The van der Waals surface area contributed by atoms with Crippen LogP contribution in [-0.4, -0.2) is 31.5 Å². The molecular formula is C18H16F3N3O3S. The fourth-order valence-corrected chi connectivity index (χ4v) is 4.11. The highest BCUT2D eigenvalue weighted by Crippen LogP contribution is 2.40. The third kappa shape index (κ3) is 3.36. The van der Waals surface area contributed by atoms with Crippen LogP contribution in [0.25, 0.3) is 11.3 Å². The first-order valence-electron chi connectivity index (χ1n) is 9.29. The van der Waals surface area contributed by atoms with Gasteiger partial charge in [0.15, 0.2) is 0 Å². The van der Waals surface area contributed by atoms with E-state index in [2.05, 4.69) is 10.3 Å². The number of aromatic nitrogens is 2. The third-order valence-electron chi connectivity index (χ3n) is 3.92. The van der Waals surface area contributed by atoms with Crippen molar-refractivity contribution in [3.63, 3.8) is 0 Å². The lowest BCUT2D eigenvalue weighted by atomic mass is 10.1. The van der Waals surface area contributed by atoms with Gasteiger partial charge in [0, 0.05) is 46.9 Å². The predicted molar refractivity (Wildman–Crippen MR) is 95.9 cm³/mol. The molecule has 148 valence electrons. The summed E-state index contributed by atoms with van der Waals surface area (Å²) in [5, 5.41) is 2.19. The molecular weight excluding hydrogens is 395 g/mol. The lowest BCUT2D eigenvalue weighted by Crippen LogP contribution is -2.14. The van der Waals surface area contributed by atoms with E-state index in [1.54, 1.807) is 0 Å². The molecule has 0 aliphatic heterocycles. The molecule has 0 amide bonds. The summed E-state index contributed by atoms with van der Waals surface area (Å²) < 4.78 is 96.7. The van der Waals surface area contributed by atoms with E-state index in [9.17, 15) is 21.6 Å². The SMILES string of the molecule is [2H]C([2H])([2H])NCc1cn(S(=O)(=O)c2cccnc2)c(-c2c(F)cc(F)cc2F)c1OC. The molecule has 0 atom stereocenters. The van der Waals surface area contributed by atoms with Gasteiger partial charge in [0.25, 0.3) is 10.0 Å². The number of rotatable bonds is 6. The fourth-order valence-electron chi connectivity index (χ4n) is 2.76. The van der Waals surface area contributed by atoms with Crippen LogP contribution < -0.4 is 10.1 Å². The molecule has 3 aromatic rings. The van der Waals surface area contributed by atoms with Crippen LogP contribution in [0, 0.1) is 17.5 Å². The smallest absolute Gasteiger partial charge is 0.269 e. The van der Waals surface area contributed by atoms with E-state index in [1.165, 1.54) is 18.3 Å². The van der Waals surface area contributed by atoms with Gasteiger partial charge < -0.3 is 10.1 Å². The summed E-state index contributed by atoms with van der Waals surface area (Å²) in [7, 11) is -3.33. The molecule has 0 aliphatic carbocycles. The summed E-state index contributed by atoms with van der Waals surface area (Å²) in [6.07, 6.45) is 3.35. The van der Waals surface area contributed by atoms with Crippen molar-refractivity contribution in [3.05, 3.63) is 65.9 Å². The van der Waals surface area contributed by atoms with Gasteiger partial charge in [0.2, 0.25) is 0 Å². The summed E-state index contributed by atoms with van der Waals surface area (Å²) in [6.45, 7) is -2.99. The maximum absolute atomic E-state index is 14.6. The fraction of sp³-hybridized carbons (Fsp3) is 0.167. The standard InChI is InChI=1S/C18H16F3N3O3S/c1-22-8-11-10-24(28(25,26)13-4-3-5-23-9-13)17(18(11)27-2)16-14(20)6-12(19)7-15(16)21/h3-7,9-10,22H,8H2,1-2H3/i1D3. The van der Waals surface area contributed by atoms with Crippen molar-refractivity contribution in [3.8, 4) is 17.0 Å². The van der Waals surface area contributed by atoms with Crippen molar-refractivity contribution in [2.45, 2.75) is 11.4 Å². The molecule has 1 N–H and O–H groups in total. The van der Waals surface area contributed by atoms with Gasteiger partial charge in [-0.1, -0.05) is 0 Å². The van der Waals surface area contributed by atoms with E-state index in [0.717, 1.165) is 19.5 Å². The number of benzene rings is 1. The van der Waals surface area contributed by atoms with Crippen LogP contribution in [0.1, 0.15) is 9.68 Å². The number of nitrogens with zero attached hydrogens (tertiary/aromatic N) is 2. The highest BCUT2D eigenvalue weighted by Gasteiger charge is 2.30. The minimum atomic E-state index is -4.45. The largest absolute Gasteiger partial charge is 0.494 e. The summed E-state index contributed by atoms with van der Waals surface area (Å²) in [5.74, 6) is -4.23.